The van der Waals surface area contributed by atoms with Crippen molar-refractivity contribution in [3.8, 4) is 0 Å². The number of benzene rings is 1. The molecule has 0 bridgehead atoms. The summed E-state index contributed by atoms with van der Waals surface area (Å²) in [4.78, 5) is 0. The van der Waals surface area contributed by atoms with Gasteiger partial charge in [-0.25, -0.2) is 0 Å². The van der Waals surface area contributed by atoms with E-state index in [4.69, 9.17) is 16.7 Å². The van der Waals surface area contributed by atoms with Gasteiger partial charge < -0.3 is 5.11 Å². The van der Waals surface area contributed by atoms with Crippen LogP contribution < -0.4 is 0 Å². The standard InChI is InChI=1S/C12H17ClO/c1-12(2,3)10-5-4-9(6-7-14)8-11(10)13/h4-5,8,14H,6-7H2,1-3H3. The zero-order valence-corrected chi connectivity index (χ0v) is 9.73. The van der Waals surface area contributed by atoms with Crippen LogP contribution in [0, 0.1) is 0 Å². The first kappa shape index (κ1) is 11.5. The van der Waals surface area contributed by atoms with Crippen molar-refractivity contribution in [3.63, 3.8) is 0 Å². The highest BCUT2D eigenvalue weighted by Crippen LogP contribution is 2.29. The van der Waals surface area contributed by atoms with Crippen molar-refractivity contribution in [3.05, 3.63) is 34.3 Å². The van der Waals surface area contributed by atoms with E-state index in [1.807, 2.05) is 18.2 Å². The van der Waals surface area contributed by atoms with Crippen LogP contribution in [-0.4, -0.2) is 11.7 Å². The molecule has 1 aromatic carbocycles. The van der Waals surface area contributed by atoms with E-state index >= 15 is 0 Å². The molecule has 0 fully saturated rings. The number of halogens is 1. The Morgan fingerprint density at radius 3 is 2.36 bits per heavy atom. The van der Waals surface area contributed by atoms with Crippen molar-refractivity contribution < 1.29 is 5.11 Å². The van der Waals surface area contributed by atoms with Crippen molar-refractivity contribution >= 4 is 11.6 Å². The van der Waals surface area contributed by atoms with Gasteiger partial charge in [-0.3, -0.25) is 0 Å². The minimum Gasteiger partial charge on any atom is -0.396 e. The Morgan fingerprint density at radius 2 is 1.93 bits per heavy atom. The van der Waals surface area contributed by atoms with Crippen molar-refractivity contribution in [1.29, 1.82) is 0 Å². The molecule has 0 radical (unpaired) electrons. The summed E-state index contributed by atoms with van der Waals surface area (Å²) in [5, 5.41) is 9.59. The Kier molecular flexibility index (Phi) is 3.57. The lowest BCUT2D eigenvalue weighted by Gasteiger charge is -2.21. The summed E-state index contributed by atoms with van der Waals surface area (Å²) >= 11 is 6.17. The van der Waals surface area contributed by atoms with E-state index in [0.29, 0.717) is 6.42 Å². The molecule has 0 aliphatic rings. The third kappa shape index (κ3) is 2.73. The van der Waals surface area contributed by atoms with E-state index < -0.39 is 0 Å². The predicted molar refractivity (Wildman–Crippen MR) is 60.9 cm³/mol. The molecule has 0 atom stereocenters. The van der Waals surface area contributed by atoms with Crippen LogP contribution in [0.3, 0.4) is 0 Å². The van der Waals surface area contributed by atoms with Gasteiger partial charge >= 0.3 is 0 Å². The van der Waals surface area contributed by atoms with Crippen molar-refractivity contribution in [2.24, 2.45) is 0 Å². The largest absolute Gasteiger partial charge is 0.396 e. The fraction of sp³-hybridized carbons (Fsp3) is 0.500. The van der Waals surface area contributed by atoms with Crippen LogP contribution in [0.5, 0.6) is 0 Å². The number of hydrogen-bond acceptors (Lipinski definition) is 1. The molecular weight excluding hydrogens is 196 g/mol. The maximum Gasteiger partial charge on any atom is 0.0471 e. The van der Waals surface area contributed by atoms with Crippen molar-refractivity contribution in [1.82, 2.24) is 0 Å². The first-order valence-electron chi connectivity index (χ1n) is 4.85. The summed E-state index contributed by atoms with van der Waals surface area (Å²) in [6, 6.07) is 6.02. The van der Waals surface area contributed by atoms with Gasteiger partial charge in [0.1, 0.15) is 0 Å². The van der Waals surface area contributed by atoms with Crippen LogP contribution in [0.2, 0.25) is 5.02 Å². The van der Waals surface area contributed by atoms with Crippen molar-refractivity contribution in [2.75, 3.05) is 6.61 Å². The third-order valence-corrected chi connectivity index (χ3v) is 2.55. The highest BCUT2D eigenvalue weighted by molar-refractivity contribution is 6.31. The fourth-order valence-corrected chi connectivity index (χ4v) is 1.94. The monoisotopic (exact) mass is 212 g/mol. The average molecular weight is 213 g/mol. The Bertz CT molecular complexity index is 313. The minimum absolute atomic E-state index is 0.0782. The van der Waals surface area contributed by atoms with Gasteiger partial charge in [0, 0.05) is 11.6 Å². The normalized spacial score (nSPS) is 11.8. The molecule has 0 unspecified atom stereocenters. The maximum atomic E-state index is 8.80. The molecule has 0 amide bonds. The summed E-state index contributed by atoms with van der Waals surface area (Å²) in [5.41, 5.74) is 2.32. The van der Waals surface area contributed by atoms with Gasteiger partial charge in [-0.1, -0.05) is 44.5 Å². The molecule has 0 saturated carbocycles. The summed E-state index contributed by atoms with van der Waals surface area (Å²) < 4.78 is 0. The molecule has 0 aromatic heterocycles. The quantitative estimate of drug-likeness (QED) is 0.799. The fourth-order valence-electron chi connectivity index (χ4n) is 1.45. The molecule has 0 saturated heterocycles. The highest BCUT2D eigenvalue weighted by atomic mass is 35.5. The van der Waals surface area contributed by atoms with E-state index in [1.165, 1.54) is 0 Å². The summed E-state index contributed by atoms with van der Waals surface area (Å²) in [7, 11) is 0. The van der Waals surface area contributed by atoms with Crippen LogP contribution in [0.15, 0.2) is 18.2 Å². The second-order valence-corrected chi connectivity index (χ2v) is 4.95. The van der Waals surface area contributed by atoms with Crippen LogP contribution in [0.25, 0.3) is 0 Å². The van der Waals surface area contributed by atoms with E-state index in [1.54, 1.807) is 0 Å². The van der Waals surface area contributed by atoms with E-state index in [-0.39, 0.29) is 12.0 Å². The average Bonchev–Trinajstić information content (AvgIpc) is 2.02. The van der Waals surface area contributed by atoms with Crippen molar-refractivity contribution in [2.45, 2.75) is 32.6 Å². The molecule has 2 heteroatoms. The lowest BCUT2D eigenvalue weighted by molar-refractivity contribution is 0.299. The van der Waals surface area contributed by atoms with Crippen LogP contribution in [-0.2, 0) is 11.8 Å². The first-order chi connectivity index (χ1) is 6.45. The van der Waals surface area contributed by atoms with Gasteiger partial charge in [-0.05, 0) is 29.0 Å². The second kappa shape index (κ2) is 4.33. The molecule has 1 N–H and O–H groups in total. The molecule has 1 rings (SSSR count). The molecule has 0 aliphatic carbocycles. The van der Waals surface area contributed by atoms with Crippen LogP contribution >= 0.6 is 11.6 Å². The maximum absolute atomic E-state index is 8.80. The van der Waals surface area contributed by atoms with Gasteiger partial charge in [-0.15, -0.1) is 0 Å². The summed E-state index contributed by atoms with van der Waals surface area (Å²) in [6.45, 7) is 6.59. The smallest absolute Gasteiger partial charge is 0.0471 e. The SMILES string of the molecule is CC(C)(C)c1ccc(CCO)cc1Cl. The second-order valence-electron chi connectivity index (χ2n) is 4.54. The van der Waals surface area contributed by atoms with Gasteiger partial charge in [0.05, 0.1) is 0 Å². The zero-order chi connectivity index (χ0) is 10.8. The third-order valence-electron chi connectivity index (χ3n) is 2.24. The van der Waals surface area contributed by atoms with Gasteiger partial charge in [-0.2, -0.15) is 0 Å². The molecule has 0 spiro atoms. The number of aliphatic hydroxyl groups is 1. The Labute approximate surface area is 90.7 Å². The van der Waals surface area contributed by atoms with Gasteiger partial charge in [0.15, 0.2) is 0 Å². The van der Waals surface area contributed by atoms with Gasteiger partial charge in [0.25, 0.3) is 0 Å². The predicted octanol–water partition coefficient (Wildman–Crippen LogP) is 3.17. The van der Waals surface area contributed by atoms with Gasteiger partial charge in [0.2, 0.25) is 0 Å². The lowest BCUT2D eigenvalue weighted by Crippen LogP contribution is -2.11. The lowest BCUT2D eigenvalue weighted by atomic mass is 9.86. The van der Waals surface area contributed by atoms with E-state index in [9.17, 15) is 0 Å². The molecular formula is C12H17ClO. The zero-order valence-electron chi connectivity index (χ0n) is 8.97. The summed E-state index contributed by atoms with van der Waals surface area (Å²) in [5.74, 6) is 0. The number of hydrogen-bond donors (Lipinski definition) is 1. The van der Waals surface area contributed by atoms with Crippen LogP contribution in [0.1, 0.15) is 31.9 Å². The molecule has 1 aromatic rings. The van der Waals surface area contributed by atoms with E-state index in [2.05, 4.69) is 20.8 Å². The molecule has 0 aliphatic heterocycles. The molecule has 78 valence electrons. The molecule has 14 heavy (non-hydrogen) atoms. The number of aliphatic hydroxyl groups excluding tert-OH is 1. The summed E-state index contributed by atoms with van der Waals surface area (Å²) in [6.07, 6.45) is 0.671. The molecule has 0 heterocycles. The number of rotatable bonds is 2. The first-order valence-corrected chi connectivity index (χ1v) is 5.22. The topological polar surface area (TPSA) is 20.2 Å². The Morgan fingerprint density at radius 1 is 1.29 bits per heavy atom. The Balaban J connectivity index is 3.02. The Hall–Kier alpha value is -0.530. The highest BCUT2D eigenvalue weighted by Gasteiger charge is 2.16. The van der Waals surface area contributed by atoms with Crippen LogP contribution in [0.4, 0.5) is 0 Å². The molecule has 1 nitrogen and oxygen atoms in total. The van der Waals surface area contributed by atoms with E-state index in [0.717, 1.165) is 16.1 Å². The minimum atomic E-state index is 0.0782.